The summed E-state index contributed by atoms with van der Waals surface area (Å²) in [6.07, 6.45) is 4.23. The average molecular weight is 377 g/mol. The molecule has 26 heavy (non-hydrogen) atoms. The monoisotopic (exact) mass is 376 g/mol. The van der Waals surface area contributed by atoms with Crippen LogP contribution in [0.4, 0.5) is 5.13 Å². The highest BCUT2D eigenvalue weighted by Crippen LogP contribution is 2.33. The predicted molar refractivity (Wildman–Crippen MR) is 103 cm³/mol. The van der Waals surface area contributed by atoms with E-state index in [1.54, 1.807) is 11.3 Å². The number of aryl methyl sites for hydroxylation is 2. The van der Waals surface area contributed by atoms with Gasteiger partial charge in [-0.2, -0.15) is 0 Å². The van der Waals surface area contributed by atoms with Crippen molar-refractivity contribution in [1.82, 2.24) is 15.1 Å². The third-order valence-corrected chi connectivity index (χ3v) is 6.28. The maximum absolute atomic E-state index is 6.28. The van der Waals surface area contributed by atoms with Crippen molar-refractivity contribution in [3.05, 3.63) is 28.7 Å². The number of anilines is 1. The molecule has 142 valence electrons. The second-order valence-electron chi connectivity index (χ2n) is 7.45. The lowest BCUT2D eigenvalue weighted by molar-refractivity contribution is -0.123. The van der Waals surface area contributed by atoms with Crippen molar-refractivity contribution in [2.45, 2.75) is 51.7 Å². The molecule has 0 saturated carbocycles. The van der Waals surface area contributed by atoms with E-state index in [1.807, 2.05) is 6.92 Å². The third kappa shape index (κ3) is 3.94. The quantitative estimate of drug-likeness (QED) is 0.798. The molecule has 4 heterocycles. The molecule has 1 spiro atoms. The molecule has 4 rings (SSSR count). The van der Waals surface area contributed by atoms with Crippen molar-refractivity contribution in [3.8, 4) is 0 Å². The minimum Gasteiger partial charge on any atom is -0.465 e. The molecule has 0 amide bonds. The Bertz CT molecular complexity index is 721. The number of nitrogens with zero attached hydrogens (tertiary/aromatic N) is 4. The van der Waals surface area contributed by atoms with Gasteiger partial charge in [0.15, 0.2) is 0 Å². The zero-order valence-electron chi connectivity index (χ0n) is 15.7. The normalized spacial score (nSPS) is 20.8. The standard InChI is InChI=1S/C19H28N4O2S/c1-3-4-16-5-6-17(25-16)13-22-11-12-24-19(14-22)7-9-23(10-8-19)18-21-20-15(2)26-18/h5-6H,3-4,7-14H2,1-2H3. The van der Waals surface area contributed by atoms with Gasteiger partial charge in [-0.15, -0.1) is 10.2 Å². The molecule has 2 saturated heterocycles. The Kier molecular flexibility index (Phi) is 5.29. The van der Waals surface area contributed by atoms with Crippen LogP contribution in [0, 0.1) is 6.92 Å². The van der Waals surface area contributed by atoms with Crippen LogP contribution in [0.5, 0.6) is 0 Å². The molecular weight excluding hydrogens is 348 g/mol. The van der Waals surface area contributed by atoms with E-state index in [2.05, 4.69) is 39.1 Å². The lowest BCUT2D eigenvalue weighted by Gasteiger charge is -2.47. The molecule has 0 aromatic carbocycles. The smallest absolute Gasteiger partial charge is 0.208 e. The molecule has 0 bridgehead atoms. The summed E-state index contributed by atoms with van der Waals surface area (Å²) in [5.74, 6) is 2.18. The summed E-state index contributed by atoms with van der Waals surface area (Å²) in [5.41, 5.74) is -0.0205. The summed E-state index contributed by atoms with van der Waals surface area (Å²) >= 11 is 1.68. The van der Waals surface area contributed by atoms with Gasteiger partial charge >= 0.3 is 0 Å². The lowest BCUT2D eigenvalue weighted by Crippen LogP contribution is -2.56. The van der Waals surface area contributed by atoms with E-state index in [1.165, 1.54) is 0 Å². The van der Waals surface area contributed by atoms with Gasteiger partial charge in [-0.25, -0.2) is 0 Å². The van der Waals surface area contributed by atoms with E-state index in [4.69, 9.17) is 9.15 Å². The van der Waals surface area contributed by atoms with Crippen LogP contribution in [0.1, 0.15) is 42.7 Å². The molecule has 6 nitrogen and oxygen atoms in total. The van der Waals surface area contributed by atoms with Gasteiger partial charge in [0.05, 0.1) is 18.8 Å². The number of hydrogen-bond acceptors (Lipinski definition) is 7. The third-order valence-electron chi connectivity index (χ3n) is 5.38. The first kappa shape index (κ1) is 17.9. The maximum Gasteiger partial charge on any atom is 0.208 e. The minimum absolute atomic E-state index is 0.0205. The Morgan fingerprint density at radius 3 is 2.69 bits per heavy atom. The molecule has 0 radical (unpaired) electrons. The second kappa shape index (κ2) is 7.66. The van der Waals surface area contributed by atoms with Crippen LogP contribution < -0.4 is 4.90 Å². The molecule has 2 fully saturated rings. The predicted octanol–water partition coefficient (Wildman–Crippen LogP) is 3.26. The van der Waals surface area contributed by atoms with Crippen LogP contribution in [-0.2, 0) is 17.7 Å². The van der Waals surface area contributed by atoms with Crippen molar-refractivity contribution in [2.75, 3.05) is 37.7 Å². The van der Waals surface area contributed by atoms with Crippen LogP contribution >= 0.6 is 11.3 Å². The Hall–Kier alpha value is -1.44. The molecule has 0 N–H and O–H groups in total. The summed E-state index contributed by atoms with van der Waals surface area (Å²) in [5, 5.41) is 10.5. The second-order valence-corrected chi connectivity index (χ2v) is 8.61. The molecule has 2 aromatic heterocycles. The zero-order valence-corrected chi connectivity index (χ0v) is 16.6. The molecule has 7 heteroatoms. The van der Waals surface area contributed by atoms with Crippen molar-refractivity contribution in [3.63, 3.8) is 0 Å². The number of piperidine rings is 1. The highest BCUT2D eigenvalue weighted by atomic mass is 32.1. The van der Waals surface area contributed by atoms with Crippen molar-refractivity contribution >= 4 is 16.5 Å². The van der Waals surface area contributed by atoms with Crippen molar-refractivity contribution in [1.29, 1.82) is 0 Å². The number of aromatic nitrogens is 2. The van der Waals surface area contributed by atoms with Gasteiger partial charge in [-0.05, 0) is 38.3 Å². The van der Waals surface area contributed by atoms with Crippen molar-refractivity contribution < 1.29 is 9.15 Å². The van der Waals surface area contributed by atoms with E-state index in [-0.39, 0.29) is 5.60 Å². The maximum atomic E-state index is 6.28. The highest BCUT2D eigenvalue weighted by molar-refractivity contribution is 7.15. The number of rotatable bonds is 5. The van der Waals surface area contributed by atoms with Gasteiger partial charge in [0.2, 0.25) is 5.13 Å². The van der Waals surface area contributed by atoms with Crippen LogP contribution in [0.3, 0.4) is 0 Å². The summed E-state index contributed by atoms with van der Waals surface area (Å²) in [4.78, 5) is 4.84. The fraction of sp³-hybridized carbons (Fsp3) is 0.684. The van der Waals surface area contributed by atoms with Gasteiger partial charge in [0.1, 0.15) is 16.5 Å². The van der Waals surface area contributed by atoms with Gasteiger partial charge < -0.3 is 14.1 Å². The van der Waals surface area contributed by atoms with Crippen LogP contribution in [0.15, 0.2) is 16.5 Å². The summed E-state index contributed by atoms with van der Waals surface area (Å²) < 4.78 is 12.3. The van der Waals surface area contributed by atoms with E-state index in [9.17, 15) is 0 Å². The molecule has 0 aliphatic carbocycles. The topological polar surface area (TPSA) is 54.6 Å². The largest absolute Gasteiger partial charge is 0.465 e. The summed E-state index contributed by atoms with van der Waals surface area (Å²) in [7, 11) is 0. The van der Waals surface area contributed by atoms with Crippen molar-refractivity contribution in [2.24, 2.45) is 0 Å². The van der Waals surface area contributed by atoms with E-state index in [0.717, 1.165) is 86.7 Å². The molecule has 2 aliphatic rings. The fourth-order valence-electron chi connectivity index (χ4n) is 3.99. The first-order chi connectivity index (χ1) is 12.7. The Balaban J connectivity index is 1.34. The first-order valence-corrected chi connectivity index (χ1v) is 10.5. The van der Waals surface area contributed by atoms with E-state index >= 15 is 0 Å². The number of ether oxygens (including phenoxy) is 1. The Labute approximate surface area is 159 Å². The van der Waals surface area contributed by atoms with Gasteiger partial charge in [0.25, 0.3) is 0 Å². The number of furan rings is 1. The fourth-order valence-corrected chi connectivity index (χ4v) is 4.73. The molecule has 0 unspecified atom stereocenters. The van der Waals surface area contributed by atoms with E-state index in [0.29, 0.717) is 0 Å². The lowest BCUT2D eigenvalue weighted by atomic mass is 9.89. The number of hydrogen-bond donors (Lipinski definition) is 0. The van der Waals surface area contributed by atoms with Crippen LogP contribution in [0.25, 0.3) is 0 Å². The molecular formula is C19H28N4O2S. The van der Waals surface area contributed by atoms with E-state index < -0.39 is 0 Å². The SMILES string of the molecule is CCCc1ccc(CN2CCOC3(CCN(c4nnc(C)s4)CC3)C2)o1. The van der Waals surface area contributed by atoms with Gasteiger partial charge in [-0.1, -0.05) is 18.3 Å². The summed E-state index contributed by atoms with van der Waals surface area (Å²) in [6, 6.07) is 4.26. The first-order valence-electron chi connectivity index (χ1n) is 9.65. The molecule has 0 atom stereocenters. The molecule has 2 aliphatic heterocycles. The van der Waals surface area contributed by atoms with Crippen LogP contribution in [0.2, 0.25) is 0 Å². The Morgan fingerprint density at radius 2 is 1.96 bits per heavy atom. The zero-order chi connectivity index (χ0) is 18.0. The van der Waals surface area contributed by atoms with Crippen LogP contribution in [-0.4, -0.2) is 53.5 Å². The average Bonchev–Trinajstić information content (AvgIpc) is 3.25. The van der Waals surface area contributed by atoms with Gasteiger partial charge in [0, 0.05) is 32.6 Å². The molecule has 2 aromatic rings. The van der Waals surface area contributed by atoms with Gasteiger partial charge in [-0.3, -0.25) is 4.90 Å². The Morgan fingerprint density at radius 1 is 1.15 bits per heavy atom. The minimum atomic E-state index is -0.0205. The highest BCUT2D eigenvalue weighted by Gasteiger charge is 2.40. The number of morpholine rings is 1. The summed E-state index contributed by atoms with van der Waals surface area (Å²) in [6.45, 7) is 9.83.